The maximum Gasteiger partial charge on any atom is 0.251 e. The van der Waals surface area contributed by atoms with E-state index in [1.807, 2.05) is 30.0 Å². The van der Waals surface area contributed by atoms with Gasteiger partial charge >= 0.3 is 0 Å². The van der Waals surface area contributed by atoms with Crippen molar-refractivity contribution >= 4 is 11.8 Å². The summed E-state index contributed by atoms with van der Waals surface area (Å²) < 4.78 is 0. The quantitative estimate of drug-likeness (QED) is 0.809. The van der Waals surface area contributed by atoms with Gasteiger partial charge in [0, 0.05) is 24.6 Å². The average molecular weight is 365 g/mol. The van der Waals surface area contributed by atoms with E-state index in [-0.39, 0.29) is 29.7 Å². The van der Waals surface area contributed by atoms with Crippen molar-refractivity contribution in [3.63, 3.8) is 0 Å². The van der Waals surface area contributed by atoms with Crippen LogP contribution in [0.2, 0.25) is 0 Å². The first kappa shape index (κ1) is 17.5. The first-order valence-corrected chi connectivity index (χ1v) is 9.30. The maximum absolute atomic E-state index is 12.9. The summed E-state index contributed by atoms with van der Waals surface area (Å²) >= 11 is 0. The van der Waals surface area contributed by atoms with Crippen molar-refractivity contribution in [1.29, 1.82) is 0 Å². The van der Waals surface area contributed by atoms with Gasteiger partial charge in [0.1, 0.15) is 5.82 Å². The molecule has 0 saturated carbocycles. The van der Waals surface area contributed by atoms with Gasteiger partial charge in [-0.25, -0.2) is 4.98 Å². The Morgan fingerprint density at radius 3 is 2.56 bits per heavy atom. The van der Waals surface area contributed by atoms with Crippen LogP contribution >= 0.6 is 0 Å². The first-order valence-electron chi connectivity index (χ1n) is 9.30. The van der Waals surface area contributed by atoms with E-state index in [0.29, 0.717) is 24.5 Å². The number of nitrogens with zero attached hydrogens (tertiary/aromatic N) is 3. The van der Waals surface area contributed by atoms with Crippen molar-refractivity contribution in [3.05, 3.63) is 59.7 Å². The number of aryl methyl sites for hydroxylation is 1. The lowest BCUT2D eigenvalue weighted by Crippen LogP contribution is -2.41. The fourth-order valence-corrected chi connectivity index (χ4v) is 3.84. The van der Waals surface area contributed by atoms with Gasteiger partial charge in [-0.2, -0.15) is 5.10 Å². The molecule has 1 aliphatic carbocycles. The lowest BCUT2D eigenvalue weighted by Gasteiger charge is -2.20. The van der Waals surface area contributed by atoms with Crippen LogP contribution in [0.4, 0.5) is 0 Å². The normalized spacial score (nSPS) is 22.3. The Morgan fingerprint density at radius 2 is 1.89 bits per heavy atom. The molecule has 1 aliphatic heterocycles. The van der Waals surface area contributed by atoms with Gasteiger partial charge in [0.05, 0.1) is 12.0 Å². The molecule has 0 radical (unpaired) electrons. The molecule has 1 saturated heterocycles. The van der Waals surface area contributed by atoms with Crippen LogP contribution in [0.1, 0.15) is 40.8 Å². The monoisotopic (exact) mass is 365 g/mol. The van der Waals surface area contributed by atoms with Crippen LogP contribution in [0, 0.1) is 12.8 Å². The van der Waals surface area contributed by atoms with Crippen LogP contribution < -0.4 is 5.32 Å². The predicted molar refractivity (Wildman–Crippen MR) is 100 cm³/mol. The second kappa shape index (κ2) is 7.34. The molecular weight excluding hydrogens is 342 g/mol. The van der Waals surface area contributed by atoms with Crippen molar-refractivity contribution in [2.45, 2.75) is 31.7 Å². The molecular formula is C20H23N5O2. The van der Waals surface area contributed by atoms with Crippen LogP contribution in [0.3, 0.4) is 0 Å². The van der Waals surface area contributed by atoms with E-state index in [2.05, 4.69) is 32.7 Å². The number of hydrogen-bond donors (Lipinski definition) is 2. The van der Waals surface area contributed by atoms with E-state index in [4.69, 9.17) is 0 Å². The van der Waals surface area contributed by atoms with Crippen molar-refractivity contribution in [3.8, 4) is 0 Å². The molecule has 0 bridgehead atoms. The smallest absolute Gasteiger partial charge is 0.251 e. The number of nitrogens with one attached hydrogen (secondary N) is 2. The summed E-state index contributed by atoms with van der Waals surface area (Å²) in [5, 5.41) is 10.2. The van der Waals surface area contributed by atoms with E-state index in [1.165, 1.54) is 0 Å². The number of aromatic amines is 1. The minimum atomic E-state index is -0.216. The van der Waals surface area contributed by atoms with E-state index in [1.54, 1.807) is 12.1 Å². The number of amides is 2. The minimum Gasteiger partial charge on any atom is -0.347 e. The lowest BCUT2D eigenvalue weighted by molar-refractivity contribution is -0.134. The Morgan fingerprint density at radius 1 is 1.15 bits per heavy atom. The molecule has 2 atom stereocenters. The Labute approximate surface area is 157 Å². The second-order valence-electron chi connectivity index (χ2n) is 7.21. The highest BCUT2D eigenvalue weighted by atomic mass is 16.2. The van der Waals surface area contributed by atoms with Gasteiger partial charge in [0.2, 0.25) is 5.91 Å². The van der Waals surface area contributed by atoms with Crippen molar-refractivity contribution in [1.82, 2.24) is 25.4 Å². The van der Waals surface area contributed by atoms with E-state index in [0.717, 1.165) is 18.7 Å². The van der Waals surface area contributed by atoms with Crippen LogP contribution in [-0.4, -0.2) is 51.0 Å². The van der Waals surface area contributed by atoms with E-state index in [9.17, 15) is 9.59 Å². The summed E-state index contributed by atoms with van der Waals surface area (Å²) in [6.07, 6.45) is 5.70. The Hall–Kier alpha value is -2.96. The molecule has 2 aliphatic rings. The van der Waals surface area contributed by atoms with E-state index < -0.39 is 0 Å². The molecule has 1 aromatic heterocycles. The molecule has 1 aromatic carbocycles. The fourth-order valence-electron chi connectivity index (χ4n) is 3.84. The van der Waals surface area contributed by atoms with Crippen molar-refractivity contribution < 1.29 is 9.59 Å². The number of benzene rings is 1. The van der Waals surface area contributed by atoms with E-state index >= 15 is 0 Å². The highest BCUT2D eigenvalue weighted by Gasteiger charge is 2.40. The number of likely N-dealkylation sites (tertiary alicyclic amines) is 1. The maximum atomic E-state index is 12.9. The van der Waals surface area contributed by atoms with Crippen LogP contribution in [-0.2, 0) is 4.79 Å². The Balaban J connectivity index is 1.53. The molecule has 7 heteroatoms. The number of carbonyl (C=O) groups is 2. The number of aromatic nitrogens is 3. The number of rotatable bonds is 4. The van der Waals surface area contributed by atoms with Gasteiger partial charge in [-0.1, -0.05) is 30.4 Å². The van der Waals surface area contributed by atoms with Gasteiger partial charge in [-0.15, -0.1) is 0 Å². The molecule has 2 heterocycles. The first-order chi connectivity index (χ1) is 13.1. The van der Waals surface area contributed by atoms with Gasteiger partial charge in [-0.05, 0) is 31.9 Å². The zero-order chi connectivity index (χ0) is 18.8. The number of allylic oxidation sites excluding steroid dienone is 2. The molecule has 0 unspecified atom stereocenters. The molecule has 7 nitrogen and oxygen atoms in total. The largest absolute Gasteiger partial charge is 0.347 e. The summed E-state index contributed by atoms with van der Waals surface area (Å²) in [5.74, 6) is 1.26. The highest BCUT2D eigenvalue weighted by Crippen LogP contribution is 2.29. The Kier molecular flexibility index (Phi) is 4.75. The third-order valence-electron chi connectivity index (χ3n) is 5.29. The molecule has 4 rings (SSSR count). The number of hydrogen-bond acceptors (Lipinski definition) is 4. The zero-order valence-electron chi connectivity index (χ0n) is 15.3. The molecule has 27 heavy (non-hydrogen) atoms. The predicted octanol–water partition coefficient (Wildman–Crippen LogP) is 1.80. The average Bonchev–Trinajstić information content (AvgIpc) is 3.42. The SMILES string of the molecule is Cc1nc([C@@H]2CN(C(=O)C3CC=CC3)C[C@H]2NC(=O)c2ccccc2)n[nH]1. The molecule has 2 aromatic rings. The van der Waals surface area contributed by atoms with Crippen LogP contribution in [0.25, 0.3) is 0 Å². The minimum absolute atomic E-state index is 0.0168. The molecule has 1 fully saturated rings. The highest BCUT2D eigenvalue weighted by molar-refractivity contribution is 5.94. The zero-order valence-corrected chi connectivity index (χ0v) is 15.3. The van der Waals surface area contributed by atoms with Gasteiger partial charge in [0.25, 0.3) is 5.91 Å². The summed E-state index contributed by atoms with van der Waals surface area (Å²) in [6, 6.07) is 8.89. The van der Waals surface area contributed by atoms with Gasteiger partial charge < -0.3 is 10.2 Å². The summed E-state index contributed by atoms with van der Waals surface area (Å²) in [5.41, 5.74) is 0.604. The topological polar surface area (TPSA) is 91.0 Å². The van der Waals surface area contributed by atoms with Crippen molar-refractivity contribution in [2.75, 3.05) is 13.1 Å². The lowest BCUT2D eigenvalue weighted by atomic mass is 10.0. The standard InChI is InChI=1S/C20H23N5O2/c1-13-21-18(24-23-13)16-11-25(20(27)15-9-5-6-10-15)12-17(16)22-19(26)14-7-3-2-4-8-14/h2-8,15-17H,9-12H2,1H3,(H,22,26)(H,21,23,24)/t16-,17-/m1/s1. The van der Waals surface area contributed by atoms with Gasteiger partial charge in [-0.3, -0.25) is 14.7 Å². The third kappa shape index (κ3) is 3.63. The number of H-pyrrole nitrogens is 1. The van der Waals surface area contributed by atoms with Crippen LogP contribution in [0.15, 0.2) is 42.5 Å². The van der Waals surface area contributed by atoms with Crippen molar-refractivity contribution in [2.24, 2.45) is 5.92 Å². The van der Waals surface area contributed by atoms with Gasteiger partial charge in [0.15, 0.2) is 5.82 Å². The molecule has 140 valence electrons. The molecule has 2 N–H and O–H groups in total. The number of carbonyl (C=O) groups excluding carboxylic acids is 2. The fraction of sp³-hybridized carbons (Fsp3) is 0.400. The van der Waals surface area contributed by atoms with Crippen LogP contribution in [0.5, 0.6) is 0 Å². The molecule has 2 amide bonds. The summed E-state index contributed by atoms with van der Waals surface area (Å²) in [6.45, 7) is 2.84. The third-order valence-corrected chi connectivity index (χ3v) is 5.29. The Bertz CT molecular complexity index is 852. The summed E-state index contributed by atoms with van der Waals surface area (Å²) in [4.78, 5) is 31.8. The second-order valence-corrected chi connectivity index (χ2v) is 7.21. The molecule has 0 spiro atoms. The summed E-state index contributed by atoms with van der Waals surface area (Å²) in [7, 11) is 0.